The van der Waals surface area contributed by atoms with Crippen LogP contribution in [-0.4, -0.2) is 16.3 Å². The third-order valence-corrected chi connectivity index (χ3v) is 2.79. The van der Waals surface area contributed by atoms with E-state index in [0.29, 0.717) is 4.28 Å². The van der Waals surface area contributed by atoms with Gasteiger partial charge in [-0.2, -0.15) is 0 Å². The van der Waals surface area contributed by atoms with E-state index in [2.05, 4.69) is 50.1 Å². The minimum atomic E-state index is 0. The maximum Gasteiger partial charge on any atom is -1.00 e. The van der Waals surface area contributed by atoms with Gasteiger partial charge < -0.3 is 2.85 Å². The van der Waals surface area contributed by atoms with Gasteiger partial charge in [0.15, 0.2) is 0 Å². The first-order valence-corrected chi connectivity index (χ1v) is 4.65. The minimum absolute atomic E-state index is 0. The summed E-state index contributed by atoms with van der Waals surface area (Å²) in [5, 5.41) is 0. The Kier molecular flexibility index (Phi) is 2.33. The third-order valence-electron chi connectivity index (χ3n) is 2.42. The molecule has 0 fully saturated rings. The summed E-state index contributed by atoms with van der Waals surface area (Å²) >= 11 is 2.92. The smallest absolute Gasteiger partial charge is 1.00 e. The second-order valence-corrected chi connectivity index (χ2v) is 5.23. The Hall–Kier alpha value is 0.0125. The first-order valence-electron chi connectivity index (χ1n) is 4.07. The molecule has 11 heavy (non-hydrogen) atoms. The summed E-state index contributed by atoms with van der Waals surface area (Å²) in [5.74, 6) is 0. The zero-order chi connectivity index (χ0) is 8.65. The van der Waals surface area contributed by atoms with Crippen molar-refractivity contribution >= 4 is 16.3 Å². The Labute approximate surface area is 80.8 Å². The second-order valence-electron chi connectivity index (χ2n) is 3.92. The molecule has 0 saturated heterocycles. The molecule has 0 saturated carbocycles. The van der Waals surface area contributed by atoms with Crippen LogP contribution in [0.25, 0.3) is 0 Å². The van der Waals surface area contributed by atoms with Crippen LogP contribution in [0.2, 0.25) is 4.28 Å². The van der Waals surface area contributed by atoms with Crippen molar-refractivity contribution in [1.82, 2.24) is 0 Å². The SMILES string of the molecule is CC1=C[C](C)([Al+2])CC(C)=C1C.[H-].[H-]. The van der Waals surface area contributed by atoms with Crippen molar-refractivity contribution in [3.8, 4) is 0 Å². The molecule has 0 aromatic rings. The average Bonchev–Trinajstić information content (AvgIpc) is 1.81. The van der Waals surface area contributed by atoms with E-state index < -0.39 is 0 Å². The standard InChI is InChI=1S/C10H15.Al.2H/c1-7-5-8(2)10(4)9(3)6-7;;;/h5H,6H2,1-4H3;;;/q;+2;2*-1. The van der Waals surface area contributed by atoms with Crippen molar-refractivity contribution in [2.24, 2.45) is 0 Å². The molecule has 1 heteroatoms. The van der Waals surface area contributed by atoms with Gasteiger partial charge in [-0.1, -0.05) is 0 Å². The zero-order valence-electron chi connectivity index (χ0n) is 9.86. The van der Waals surface area contributed by atoms with Crippen LogP contribution in [0.15, 0.2) is 22.8 Å². The Balaban J connectivity index is 0. The summed E-state index contributed by atoms with van der Waals surface area (Å²) in [6, 6.07) is 0. The molecular formula is C10H17Al. The van der Waals surface area contributed by atoms with Crippen molar-refractivity contribution < 1.29 is 2.85 Å². The van der Waals surface area contributed by atoms with Gasteiger partial charge in [0.25, 0.3) is 0 Å². The Bertz CT molecular complexity index is 239. The predicted molar refractivity (Wildman–Crippen MR) is 53.1 cm³/mol. The molecular weight excluding hydrogens is 147 g/mol. The van der Waals surface area contributed by atoms with Gasteiger partial charge in [-0.05, 0) is 0 Å². The minimum Gasteiger partial charge on any atom is -1.00 e. The van der Waals surface area contributed by atoms with Gasteiger partial charge in [0, 0.05) is 0 Å². The quantitative estimate of drug-likeness (QED) is 0.482. The van der Waals surface area contributed by atoms with Crippen molar-refractivity contribution in [3.05, 3.63) is 22.8 Å². The van der Waals surface area contributed by atoms with E-state index in [-0.39, 0.29) is 2.85 Å². The van der Waals surface area contributed by atoms with Gasteiger partial charge in [0.2, 0.25) is 0 Å². The Morgan fingerprint density at radius 1 is 1.45 bits per heavy atom. The summed E-state index contributed by atoms with van der Waals surface area (Å²) in [4.78, 5) is 0. The fourth-order valence-electron chi connectivity index (χ4n) is 1.69. The van der Waals surface area contributed by atoms with Crippen LogP contribution in [0.4, 0.5) is 0 Å². The molecule has 0 spiro atoms. The van der Waals surface area contributed by atoms with E-state index in [1.165, 1.54) is 23.1 Å². The molecule has 0 N–H and O–H groups in total. The molecule has 0 heterocycles. The summed E-state index contributed by atoms with van der Waals surface area (Å²) in [7, 11) is 0. The monoisotopic (exact) mass is 164 g/mol. The van der Waals surface area contributed by atoms with Crippen LogP contribution in [0.3, 0.4) is 0 Å². The van der Waals surface area contributed by atoms with E-state index in [1.54, 1.807) is 0 Å². The van der Waals surface area contributed by atoms with Crippen molar-refractivity contribution in [2.45, 2.75) is 38.4 Å². The summed E-state index contributed by atoms with van der Waals surface area (Å²) in [6.07, 6.45) is 3.53. The van der Waals surface area contributed by atoms with Crippen LogP contribution in [0, 0.1) is 0 Å². The van der Waals surface area contributed by atoms with Crippen molar-refractivity contribution in [2.75, 3.05) is 0 Å². The predicted octanol–water partition coefficient (Wildman–Crippen LogP) is 3.24. The van der Waals surface area contributed by atoms with Gasteiger partial charge in [-0.25, -0.2) is 0 Å². The fourth-order valence-corrected chi connectivity index (χ4v) is 2.25. The third kappa shape index (κ3) is 1.98. The van der Waals surface area contributed by atoms with E-state index >= 15 is 0 Å². The first kappa shape index (κ1) is 9.10. The van der Waals surface area contributed by atoms with Crippen LogP contribution < -0.4 is 0 Å². The van der Waals surface area contributed by atoms with E-state index in [0.717, 1.165) is 0 Å². The molecule has 1 atom stereocenters. The molecule has 0 nitrogen and oxygen atoms in total. The molecule has 0 aliphatic heterocycles. The molecule has 0 amide bonds. The topological polar surface area (TPSA) is 0 Å². The van der Waals surface area contributed by atoms with E-state index in [9.17, 15) is 0 Å². The van der Waals surface area contributed by atoms with Crippen molar-refractivity contribution in [1.29, 1.82) is 0 Å². The maximum absolute atomic E-state index is 2.92. The van der Waals surface area contributed by atoms with Gasteiger partial charge in [-0.15, -0.1) is 0 Å². The molecule has 1 rings (SSSR count). The number of allylic oxidation sites excluding steroid dienone is 4. The zero-order valence-corrected chi connectivity index (χ0v) is 9.02. The van der Waals surface area contributed by atoms with Crippen molar-refractivity contribution in [3.63, 3.8) is 0 Å². The largest absolute Gasteiger partial charge is 1.00 e. The Morgan fingerprint density at radius 2 is 2.00 bits per heavy atom. The van der Waals surface area contributed by atoms with Crippen LogP contribution in [-0.2, 0) is 0 Å². The molecule has 60 valence electrons. The van der Waals surface area contributed by atoms with Gasteiger partial charge in [0.05, 0.1) is 0 Å². The molecule has 1 aliphatic rings. The summed E-state index contributed by atoms with van der Waals surface area (Å²) in [6.45, 7) is 8.90. The maximum atomic E-state index is 2.92. The van der Waals surface area contributed by atoms with Crippen LogP contribution in [0.5, 0.6) is 0 Å². The molecule has 0 bridgehead atoms. The fraction of sp³-hybridized carbons (Fsp3) is 0.600. The number of hydrogen-bond acceptors (Lipinski definition) is 0. The van der Waals surface area contributed by atoms with Gasteiger partial charge in [-0.3, -0.25) is 0 Å². The summed E-state index contributed by atoms with van der Waals surface area (Å²) < 4.78 is 0.299. The molecule has 0 aromatic heterocycles. The first-order chi connectivity index (χ1) is 4.92. The Morgan fingerprint density at radius 3 is 2.45 bits per heavy atom. The molecule has 1 aliphatic carbocycles. The van der Waals surface area contributed by atoms with Gasteiger partial charge >= 0.3 is 77.5 Å². The van der Waals surface area contributed by atoms with E-state index in [4.69, 9.17) is 0 Å². The second kappa shape index (κ2) is 2.81. The van der Waals surface area contributed by atoms with Crippen LogP contribution >= 0.6 is 0 Å². The molecule has 0 aromatic carbocycles. The number of rotatable bonds is 0. The normalized spacial score (nSPS) is 32.4. The number of hydrogen-bond donors (Lipinski definition) is 0. The van der Waals surface area contributed by atoms with Crippen LogP contribution in [0.1, 0.15) is 37.0 Å². The van der Waals surface area contributed by atoms with Gasteiger partial charge in [0.1, 0.15) is 0 Å². The average molecular weight is 164 g/mol. The summed E-state index contributed by atoms with van der Waals surface area (Å²) in [5.41, 5.74) is 4.44. The molecule has 0 radical (unpaired) electrons. The molecule has 1 unspecified atom stereocenters. The van der Waals surface area contributed by atoms with E-state index in [1.807, 2.05) is 0 Å².